The maximum atomic E-state index is 8.25. The number of nitrogens with zero attached hydrogens (tertiary/aromatic N) is 2. The molecule has 1 fully saturated rings. The molecule has 34 heavy (non-hydrogen) atoms. The van der Waals surface area contributed by atoms with E-state index >= 15 is 0 Å². The fourth-order valence-electron chi connectivity index (χ4n) is 2.66. The average molecular weight is 694 g/mol. The van der Waals surface area contributed by atoms with E-state index in [0.717, 1.165) is 12.8 Å². The molecule has 0 heterocycles. The monoisotopic (exact) mass is 693 g/mol. The molecular weight excluding hydrogens is 663 g/mol. The van der Waals surface area contributed by atoms with Gasteiger partial charge in [-0.25, -0.2) is 0 Å². The fraction of sp³-hybridized carbons (Fsp3) is 0.429. The molecule has 13 heteroatoms. The maximum absolute atomic E-state index is 8.25. The number of rotatable bonds is 6. The van der Waals surface area contributed by atoms with Crippen molar-refractivity contribution >= 4 is 23.5 Å². The Bertz CT molecular complexity index is 694. The SMILES string of the molecule is N[C@@H]1CCCC[C@H]1N.O=[N+]([O-])[O-].O=[N+]([O-])[O-].[Pt+2].c1ccc(SCCCSc2ccccc2)cc1. The molecule has 0 aliphatic heterocycles. The Morgan fingerprint density at radius 1 is 0.706 bits per heavy atom. The summed E-state index contributed by atoms with van der Waals surface area (Å²) in [5, 5.41) is 29.5. The van der Waals surface area contributed by atoms with Crippen LogP contribution in [-0.4, -0.2) is 33.8 Å². The second-order valence-corrected chi connectivity index (χ2v) is 9.07. The van der Waals surface area contributed by atoms with E-state index < -0.39 is 10.2 Å². The summed E-state index contributed by atoms with van der Waals surface area (Å²) in [6, 6.07) is 21.8. The van der Waals surface area contributed by atoms with E-state index in [-0.39, 0.29) is 33.1 Å². The predicted molar refractivity (Wildman–Crippen MR) is 134 cm³/mol. The first kappa shape index (κ1) is 34.3. The Hall–Kier alpha value is -1.85. The molecule has 1 aliphatic carbocycles. The minimum Gasteiger partial charge on any atom is -0.356 e. The van der Waals surface area contributed by atoms with E-state index in [1.807, 2.05) is 23.5 Å². The van der Waals surface area contributed by atoms with Crippen LogP contribution in [0.2, 0.25) is 0 Å². The molecule has 2 aromatic rings. The number of hydrogen-bond acceptors (Lipinski definition) is 10. The summed E-state index contributed by atoms with van der Waals surface area (Å²) in [5.41, 5.74) is 11.3. The number of nitrogens with two attached hydrogens (primary N) is 2. The average Bonchev–Trinajstić information content (AvgIpc) is 2.77. The molecule has 0 unspecified atom stereocenters. The summed E-state index contributed by atoms with van der Waals surface area (Å²) in [7, 11) is 0. The molecule has 0 aromatic heterocycles. The molecule has 2 atom stereocenters. The van der Waals surface area contributed by atoms with E-state index in [1.54, 1.807) is 0 Å². The van der Waals surface area contributed by atoms with Gasteiger partial charge in [-0.3, -0.25) is 0 Å². The van der Waals surface area contributed by atoms with Gasteiger partial charge in [0.15, 0.2) is 0 Å². The standard InChI is InChI=1S/C15H16S2.C6H14N2.2NO3.Pt/c1-3-8-14(9-4-1)16-12-7-13-17-15-10-5-2-6-11-15;7-5-3-1-2-4-6(5)8;2*2-1(3)4;/h1-6,8-11H,7,12-13H2;5-6H,1-4,7-8H2;;;/q;;2*-1;+2/t;5-,6-;;;/m.1.../s1. The van der Waals surface area contributed by atoms with E-state index in [9.17, 15) is 0 Å². The van der Waals surface area contributed by atoms with Gasteiger partial charge in [-0.15, -0.1) is 23.5 Å². The largest absolute Gasteiger partial charge is 2.00 e. The molecule has 4 N–H and O–H groups in total. The molecule has 0 radical (unpaired) electrons. The Morgan fingerprint density at radius 2 is 1.00 bits per heavy atom. The van der Waals surface area contributed by atoms with Crippen LogP contribution in [0.3, 0.4) is 0 Å². The Balaban J connectivity index is 0. The van der Waals surface area contributed by atoms with Crippen LogP contribution in [-0.2, 0) is 21.1 Å². The van der Waals surface area contributed by atoms with Crippen molar-refractivity contribution in [2.75, 3.05) is 11.5 Å². The van der Waals surface area contributed by atoms with Crippen LogP contribution in [0.5, 0.6) is 0 Å². The van der Waals surface area contributed by atoms with Crippen LogP contribution in [0, 0.1) is 30.6 Å². The van der Waals surface area contributed by atoms with Crippen LogP contribution in [0.1, 0.15) is 32.1 Å². The first-order valence-corrected chi connectivity index (χ1v) is 12.2. The summed E-state index contributed by atoms with van der Waals surface area (Å²) >= 11 is 3.88. The van der Waals surface area contributed by atoms with Crippen molar-refractivity contribution in [1.82, 2.24) is 0 Å². The van der Waals surface area contributed by atoms with Crippen LogP contribution in [0.25, 0.3) is 0 Å². The van der Waals surface area contributed by atoms with Crippen molar-refractivity contribution in [3.05, 3.63) is 91.3 Å². The number of benzene rings is 2. The number of hydrogen-bond donors (Lipinski definition) is 2. The first-order chi connectivity index (χ1) is 15.7. The van der Waals surface area contributed by atoms with Crippen LogP contribution in [0.15, 0.2) is 70.5 Å². The molecule has 0 bridgehead atoms. The third-order valence-corrected chi connectivity index (χ3v) is 6.38. The topological polar surface area (TPSA) is 184 Å². The van der Waals surface area contributed by atoms with Gasteiger partial charge in [0, 0.05) is 21.9 Å². The van der Waals surface area contributed by atoms with Crippen molar-refractivity contribution < 1.29 is 31.2 Å². The zero-order valence-corrected chi connectivity index (χ0v) is 22.4. The van der Waals surface area contributed by atoms with Gasteiger partial charge < -0.3 is 42.1 Å². The van der Waals surface area contributed by atoms with Crippen molar-refractivity contribution in [1.29, 1.82) is 0 Å². The molecule has 0 amide bonds. The summed E-state index contributed by atoms with van der Waals surface area (Å²) in [4.78, 5) is 19.2. The molecule has 1 saturated carbocycles. The van der Waals surface area contributed by atoms with Crippen LogP contribution >= 0.6 is 23.5 Å². The quantitative estimate of drug-likeness (QED) is 0.186. The molecule has 2 aromatic carbocycles. The van der Waals surface area contributed by atoms with Gasteiger partial charge in [0.25, 0.3) is 0 Å². The zero-order chi connectivity index (χ0) is 24.9. The fourth-order valence-corrected chi connectivity index (χ4v) is 4.59. The zero-order valence-electron chi connectivity index (χ0n) is 18.5. The summed E-state index contributed by atoms with van der Waals surface area (Å²) < 4.78 is 0. The maximum Gasteiger partial charge on any atom is 2.00 e. The Kier molecular flexibility index (Phi) is 23.1. The first-order valence-electron chi connectivity index (χ1n) is 10.2. The molecule has 192 valence electrons. The Labute approximate surface area is 222 Å². The summed E-state index contributed by atoms with van der Waals surface area (Å²) in [6.45, 7) is 0. The molecule has 0 saturated heterocycles. The molecule has 0 spiro atoms. The van der Waals surface area contributed by atoms with Gasteiger partial charge >= 0.3 is 21.1 Å². The van der Waals surface area contributed by atoms with E-state index in [4.69, 9.17) is 42.1 Å². The minimum absolute atomic E-state index is 0. The smallest absolute Gasteiger partial charge is 0.356 e. The van der Waals surface area contributed by atoms with Gasteiger partial charge in [-0.1, -0.05) is 49.2 Å². The molecule has 1 aliphatic rings. The van der Waals surface area contributed by atoms with E-state index in [2.05, 4.69) is 60.7 Å². The second-order valence-electron chi connectivity index (χ2n) is 6.74. The second kappa shape index (κ2) is 22.9. The molecule has 3 rings (SSSR count). The number of thioether (sulfide) groups is 2. The minimum atomic E-state index is -1.75. The third-order valence-electron chi connectivity index (χ3n) is 4.19. The van der Waals surface area contributed by atoms with Crippen LogP contribution in [0.4, 0.5) is 0 Å². The van der Waals surface area contributed by atoms with Crippen LogP contribution < -0.4 is 11.5 Å². The van der Waals surface area contributed by atoms with Gasteiger partial charge in [-0.2, -0.15) is 0 Å². The van der Waals surface area contributed by atoms with E-state index in [1.165, 1.54) is 40.6 Å². The normalized spacial score (nSPS) is 15.9. The third kappa shape index (κ3) is 23.3. The predicted octanol–water partition coefficient (Wildman–Crippen LogP) is 4.70. The van der Waals surface area contributed by atoms with Gasteiger partial charge in [0.2, 0.25) is 0 Å². The van der Waals surface area contributed by atoms with Gasteiger partial charge in [-0.05, 0) is 55.0 Å². The van der Waals surface area contributed by atoms with E-state index in [0.29, 0.717) is 0 Å². The van der Waals surface area contributed by atoms with Crippen molar-refractivity contribution in [2.45, 2.75) is 54.0 Å². The van der Waals surface area contributed by atoms with Gasteiger partial charge in [0.05, 0.1) is 10.2 Å². The molecular formula is C21H30N4O6PtS2. The summed E-state index contributed by atoms with van der Waals surface area (Å²) in [5.74, 6) is 2.40. The van der Waals surface area contributed by atoms with Crippen molar-refractivity contribution in [3.8, 4) is 0 Å². The van der Waals surface area contributed by atoms with Crippen molar-refractivity contribution in [3.63, 3.8) is 0 Å². The van der Waals surface area contributed by atoms with Crippen molar-refractivity contribution in [2.24, 2.45) is 11.5 Å². The Morgan fingerprint density at radius 3 is 1.26 bits per heavy atom. The molecule has 10 nitrogen and oxygen atoms in total. The van der Waals surface area contributed by atoms with Gasteiger partial charge in [0.1, 0.15) is 0 Å². The summed E-state index contributed by atoms with van der Waals surface area (Å²) in [6.07, 6.45) is 6.05.